The Labute approximate surface area is 181 Å². The molecule has 0 spiro atoms. The summed E-state index contributed by atoms with van der Waals surface area (Å²) in [7, 11) is 0. The summed E-state index contributed by atoms with van der Waals surface area (Å²) >= 11 is 0. The number of carbonyl (C=O) groups excluding carboxylic acids is 2. The maximum Gasteiger partial charge on any atom is 0.261 e. The molecule has 0 aliphatic carbocycles. The molecule has 156 valence electrons. The Kier molecular flexibility index (Phi) is 4.85. The van der Waals surface area contributed by atoms with E-state index in [0.29, 0.717) is 17.7 Å². The zero-order chi connectivity index (χ0) is 21.5. The molecule has 31 heavy (non-hydrogen) atoms. The molecule has 0 fully saturated rings. The SMILES string of the molecule is CCCCCCN1C(=O)c2cccc3c(-c4cc5cc(C)ccc5o4)ccc(c23)C1=O. The lowest BCUT2D eigenvalue weighted by Crippen LogP contribution is -2.40. The molecule has 0 atom stereocenters. The third kappa shape index (κ3) is 3.23. The molecule has 1 aliphatic heterocycles. The predicted octanol–water partition coefficient (Wildman–Crippen LogP) is 6.74. The van der Waals surface area contributed by atoms with E-state index in [1.54, 1.807) is 0 Å². The predicted molar refractivity (Wildman–Crippen MR) is 123 cm³/mol. The molecule has 0 bridgehead atoms. The van der Waals surface area contributed by atoms with Crippen molar-refractivity contribution in [2.24, 2.45) is 0 Å². The summed E-state index contributed by atoms with van der Waals surface area (Å²) in [6, 6.07) is 17.6. The van der Waals surface area contributed by atoms with Gasteiger partial charge in [0.2, 0.25) is 0 Å². The molecule has 0 saturated carbocycles. The third-order valence-corrected chi connectivity index (χ3v) is 6.16. The quantitative estimate of drug-likeness (QED) is 0.261. The highest BCUT2D eigenvalue weighted by Gasteiger charge is 2.33. The van der Waals surface area contributed by atoms with Crippen molar-refractivity contribution in [1.29, 1.82) is 0 Å². The van der Waals surface area contributed by atoms with E-state index >= 15 is 0 Å². The number of furan rings is 1. The molecule has 4 heteroatoms. The van der Waals surface area contributed by atoms with Gasteiger partial charge in [0.15, 0.2) is 0 Å². The second-order valence-corrected chi connectivity index (χ2v) is 8.36. The normalized spacial score (nSPS) is 13.5. The lowest BCUT2D eigenvalue weighted by Gasteiger charge is -2.27. The number of amides is 2. The van der Waals surface area contributed by atoms with Crippen molar-refractivity contribution in [3.63, 3.8) is 0 Å². The van der Waals surface area contributed by atoms with Crippen molar-refractivity contribution >= 4 is 33.6 Å². The number of rotatable bonds is 6. The van der Waals surface area contributed by atoms with Crippen molar-refractivity contribution in [2.45, 2.75) is 39.5 Å². The fourth-order valence-corrected chi connectivity index (χ4v) is 4.56. The first-order valence-corrected chi connectivity index (χ1v) is 11.0. The fraction of sp³-hybridized carbons (Fsp3) is 0.259. The third-order valence-electron chi connectivity index (χ3n) is 6.16. The number of nitrogens with zero attached hydrogens (tertiary/aromatic N) is 1. The van der Waals surface area contributed by atoms with Crippen molar-refractivity contribution < 1.29 is 14.0 Å². The molecule has 0 radical (unpaired) electrons. The molecular formula is C27H25NO3. The molecule has 2 heterocycles. The maximum atomic E-state index is 13.2. The van der Waals surface area contributed by atoms with Gasteiger partial charge in [-0.25, -0.2) is 0 Å². The first-order valence-electron chi connectivity index (χ1n) is 11.0. The van der Waals surface area contributed by atoms with Crippen molar-refractivity contribution in [3.05, 3.63) is 71.3 Å². The summed E-state index contributed by atoms with van der Waals surface area (Å²) in [5.74, 6) is 0.347. The molecular weight excluding hydrogens is 386 g/mol. The van der Waals surface area contributed by atoms with Gasteiger partial charge in [-0.3, -0.25) is 14.5 Å². The van der Waals surface area contributed by atoms with Gasteiger partial charge in [-0.1, -0.05) is 49.9 Å². The van der Waals surface area contributed by atoms with Crippen LogP contribution in [0.1, 0.15) is 58.9 Å². The maximum absolute atomic E-state index is 13.2. The van der Waals surface area contributed by atoms with Gasteiger partial charge in [0.25, 0.3) is 11.8 Å². The zero-order valence-electron chi connectivity index (χ0n) is 17.9. The standard InChI is InChI=1S/C27H25NO3/c1-3-4-5-6-14-28-26(29)21-9-7-8-20-19(11-12-22(25(20)21)27(28)30)24-16-18-15-17(2)10-13-23(18)31-24/h7-13,15-16H,3-6,14H2,1-2H3. The lowest BCUT2D eigenvalue weighted by molar-refractivity contribution is 0.0608. The number of hydrogen-bond acceptors (Lipinski definition) is 3. The molecule has 0 saturated heterocycles. The second-order valence-electron chi connectivity index (χ2n) is 8.36. The zero-order valence-corrected chi connectivity index (χ0v) is 17.9. The summed E-state index contributed by atoms with van der Waals surface area (Å²) in [5, 5.41) is 2.65. The topological polar surface area (TPSA) is 50.5 Å². The van der Waals surface area contributed by atoms with Crippen LogP contribution in [0.2, 0.25) is 0 Å². The fourth-order valence-electron chi connectivity index (χ4n) is 4.56. The highest BCUT2D eigenvalue weighted by molar-refractivity contribution is 6.26. The van der Waals surface area contributed by atoms with Crippen LogP contribution in [0.5, 0.6) is 0 Å². The lowest BCUT2D eigenvalue weighted by atomic mass is 9.90. The smallest absolute Gasteiger partial charge is 0.261 e. The van der Waals surface area contributed by atoms with Gasteiger partial charge in [-0.2, -0.15) is 0 Å². The van der Waals surface area contributed by atoms with Crippen LogP contribution >= 0.6 is 0 Å². The van der Waals surface area contributed by atoms with Gasteiger partial charge in [-0.05, 0) is 55.1 Å². The average molecular weight is 412 g/mol. The van der Waals surface area contributed by atoms with Gasteiger partial charge in [0.1, 0.15) is 11.3 Å². The molecule has 3 aromatic carbocycles. The van der Waals surface area contributed by atoms with E-state index in [4.69, 9.17) is 4.42 Å². The minimum Gasteiger partial charge on any atom is -0.456 e. The highest BCUT2D eigenvalue weighted by Crippen LogP contribution is 2.38. The summed E-state index contributed by atoms with van der Waals surface area (Å²) < 4.78 is 6.12. The average Bonchev–Trinajstić information content (AvgIpc) is 3.19. The number of benzene rings is 3. The number of carbonyl (C=O) groups is 2. The van der Waals surface area contributed by atoms with E-state index in [-0.39, 0.29) is 11.8 Å². The molecule has 4 aromatic rings. The Morgan fingerprint density at radius 2 is 1.61 bits per heavy atom. The molecule has 0 unspecified atom stereocenters. The van der Waals surface area contributed by atoms with Crippen molar-refractivity contribution in [3.8, 4) is 11.3 Å². The summed E-state index contributed by atoms with van der Waals surface area (Å²) in [5.41, 5.74) is 4.08. The second kappa shape index (κ2) is 7.69. The number of aryl methyl sites for hydroxylation is 1. The first-order chi connectivity index (χ1) is 15.1. The molecule has 5 rings (SSSR count). The van der Waals surface area contributed by atoms with Gasteiger partial charge >= 0.3 is 0 Å². The van der Waals surface area contributed by atoms with E-state index in [1.807, 2.05) is 48.5 Å². The van der Waals surface area contributed by atoms with Gasteiger partial charge in [0, 0.05) is 34.0 Å². The molecule has 4 nitrogen and oxygen atoms in total. The van der Waals surface area contributed by atoms with Gasteiger partial charge < -0.3 is 4.42 Å². The van der Waals surface area contributed by atoms with Crippen LogP contribution in [0.4, 0.5) is 0 Å². The Hall–Kier alpha value is -3.40. The Bertz CT molecular complexity index is 1310. The van der Waals surface area contributed by atoms with Crippen LogP contribution in [0.3, 0.4) is 0 Å². The molecule has 1 aromatic heterocycles. The van der Waals surface area contributed by atoms with E-state index in [2.05, 4.69) is 19.9 Å². The van der Waals surface area contributed by atoms with Gasteiger partial charge in [0.05, 0.1) is 0 Å². The Morgan fingerprint density at radius 3 is 2.42 bits per heavy atom. The molecule has 2 amide bonds. The number of imide groups is 1. The van der Waals surface area contributed by atoms with Crippen molar-refractivity contribution in [1.82, 2.24) is 4.90 Å². The monoisotopic (exact) mass is 411 g/mol. The van der Waals surface area contributed by atoms with E-state index in [0.717, 1.165) is 58.7 Å². The molecule has 1 aliphatic rings. The van der Waals surface area contributed by atoms with E-state index in [1.165, 1.54) is 10.5 Å². The van der Waals surface area contributed by atoms with Crippen LogP contribution in [0.25, 0.3) is 33.1 Å². The van der Waals surface area contributed by atoms with Crippen LogP contribution in [-0.2, 0) is 0 Å². The summed E-state index contributed by atoms with van der Waals surface area (Å²) in [4.78, 5) is 27.8. The van der Waals surface area contributed by atoms with Gasteiger partial charge in [-0.15, -0.1) is 0 Å². The van der Waals surface area contributed by atoms with E-state index < -0.39 is 0 Å². The minimum absolute atomic E-state index is 0.197. The largest absolute Gasteiger partial charge is 0.456 e. The molecule has 0 N–H and O–H groups in total. The van der Waals surface area contributed by atoms with Crippen LogP contribution in [0, 0.1) is 6.92 Å². The Morgan fingerprint density at radius 1 is 0.839 bits per heavy atom. The van der Waals surface area contributed by atoms with Crippen LogP contribution in [-0.4, -0.2) is 23.3 Å². The van der Waals surface area contributed by atoms with Crippen LogP contribution in [0.15, 0.2) is 59.0 Å². The number of hydrogen-bond donors (Lipinski definition) is 0. The van der Waals surface area contributed by atoms with Crippen molar-refractivity contribution in [2.75, 3.05) is 6.54 Å². The van der Waals surface area contributed by atoms with E-state index in [9.17, 15) is 9.59 Å². The summed E-state index contributed by atoms with van der Waals surface area (Å²) in [6.45, 7) is 4.67. The highest BCUT2D eigenvalue weighted by atomic mass is 16.3. The number of fused-ring (bicyclic) bond motifs is 1. The number of unbranched alkanes of at least 4 members (excludes halogenated alkanes) is 3. The minimum atomic E-state index is -0.197. The Balaban J connectivity index is 1.60. The summed E-state index contributed by atoms with van der Waals surface area (Å²) in [6.07, 6.45) is 4.10. The van der Waals surface area contributed by atoms with Crippen LogP contribution < -0.4 is 0 Å². The first kappa shape index (κ1) is 19.6.